The number of benzene rings is 1. The van der Waals surface area contributed by atoms with Crippen LogP contribution in [0, 0.1) is 11.6 Å². The zero-order chi connectivity index (χ0) is 17.3. The van der Waals surface area contributed by atoms with Crippen molar-refractivity contribution in [2.24, 2.45) is 0 Å². The molecule has 0 atom stereocenters. The van der Waals surface area contributed by atoms with Crippen molar-refractivity contribution in [3.8, 4) is 0 Å². The number of rotatable bonds is 3. The Morgan fingerprint density at radius 3 is 2.50 bits per heavy atom. The number of carbonyl (C=O) groups is 2. The van der Waals surface area contributed by atoms with Crippen LogP contribution in [0.3, 0.4) is 0 Å². The summed E-state index contributed by atoms with van der Waals surface area (Å²) in [5.74, 6) is -1.71. The van der Waals surface area contributed by atoms with Crippen LogP contribution in [0.15, 0.2) is 18.2 Å². The summed E-state index contributed by atoms with van der Waals surface area (Å²) in [4.78, 5) is 25.8. The van der Waals surface area contributed by atoms with Crippen molar-refractivity contribution in [2.75, 3.05) is 26.3 Å². The van der Waals surface area contributed by atoms with Crippen molar-refractivity contribution in [3.05, 3.63) is 35.4 Å². The molecule has 0 unspecified atom stereocenters. The van der Waals surface area contributed by atoms with Crippen LogP contribution < -0.4 is 5.32 Å². The molecule has 24 heavy (non-hydrogen) atoms. The molecule has 2 aliphatic heterocycles. The molecule has 0 spiro atoms. The van der Waals surface area contributed by atoms with Crippen LogP contribution in [0.25, 0.3) is 0 Å². The SMILES string of the molecule is CC(=O)N1CC(NC(=O)C2(c3ccc(F)cc3F)CCOCC2)C1. The van der Waals surface area contributed by atoms with Gasteiger partial charge < -0.3 is 15.0 Å². The van der Waals surface area contributed by atoms with E-state index < -0.39 is 17.0 Å². The van der Waals surface area contributed by atoms with Crippen LogP contribution in [-0.4, -0.2) is 49.1 Å². The summed E-state index contributed by atoms with van der Waals surface area (Å²) in [5, 5.41) is 2.90. The minimum absolute atomic E-state index is 0.0362. The first-order valence-electron chi connectivity index (χ1n) is 8.02. The highest BCUT2D eigenvalue weighted by atomic mass is 19.1. The molecule has 5 nitrogen and oxygen atoms in total. The number of nitrogens with zero attached hydrogens (tertiary/aromatic N) is 1. The minimum Gasteiger partial charge on any atom is -0.381 e. The monoisotopic (exact) mass is 338 g/mol. The Hall–Kier alpha value is -2.02. The summed E-state index contributed by atoms with van der Waals surface area (Å²) in [6.45, 7) is 3.08. The first-order valence-corrected chi connectivity index (χ1v) is 8.02. The van der Waals surface area contributed by atoms with Crippen LogP contribution in [0.5, 0.6) is 0 Å². The van der Waals surface area contributed by atoms with Crippen LogP contribution in [0.4, 0.5) is 8.78 Å². The normalized spacial score (nSPS) is 20.4. The van der Waals surface area contributed by atoms with Gasteiger partial charge in [-0.05, 0) is 18.9 Å². The minimum atomic E-state index is -1.06. The van der Waals surface area contributed by atoms with Gasteiger partial charge in [0.25, 0.3) is 0 Å². The van der Waals surface area contributed by atoms with Crippen molar-refractivity contribution >= 4 is 11.8 Å². The second kappa shape index (κ2) is 6.47. The molecule has 0 aromatic heterocycles. The average Bonchev–Trinajstić information content (AvgIpc) is 2.50. The first kappa shape index (κ1) is 16.8. The van der Waals surface area contributed by atoms with Gasteiger partial charge in [-0.2, -0.15) is 0 Å². The van der Waals surface area contributed by atoms with Crippen molar-refractivity contribution in [2.45, 2.75) is 31.2 Å². The van der Waals surface area contributed by atoms with Gasteiger partial charge in [-0.25, -0.2) is 8.78 Å². The van der Waals surface area contributed by atoms with E-state index in [9.17, 15) is 18.4 Å². The highest BCUT2D eigenvalue weighted by molar-refractivity contribution is 5.89. The number of nitrogens with one attached hydrogen (secondary N) is 1. The summed E-state index contributed by atoms with van der Waals surface area (Å²) in [6.07, 6.45) is 0.676. The second-order valence-electron chi connectivity index (χ2n) is 6.41. The molecular formula is C17H20F2N2O3. The third-order valence-electron chi connectivity index (χ3n) is 4.89. The number of amides is 2. The van der Waals surface area contributed by atoms with E-state index in [4.69, 9.17) is 4.74 Å². The zero-order valence-corrected chi connectivity index (χ0v) is 13.5. The summed E-state index contributed by atoms with van der Waals surface area (Å²) < 4.78 is 32.9. The van der Waals surface area contributed by atoms with Gasteiger partial charge in [0.2, 0.25) is 11.8 Å². The zero-order valence-electron chi connectivity index (χ0n) is 13.5. The molecule has 2 heterocycles. The second-order valence-corrected chi connectivity index (χ2v) is 6.41. The van der Waals surface area contributed by atoms with Crippen molar-refractivity contribution < 1.29 is 23.1 Å². The number of carbonyl (C=O) groups excluding carboxylic acids is 2. The van der Waals surface area contributed by atoms with E-state index in [1.165, 1.54) is 19.1 Å². The third-order valence-corrected chi connectivity index (χ3v) is 4.89. The van der Waals surface area contributed by atoms with Gasteiger partial charge in [-0.3, -0.25) is 9.59 Å². The van der Waals surface area contributed by atoms with Crippen LogP contribution in [-0.2, 0) is 19.7 Å². The van der Waals surface area contributed by atoms with Crippen molar-refractivity contribution in [1.29, 1.82) is 0 Å². The lowest BCUT2D eigenvalue weighted by Crippen LogP contribution is -2.63. The Bertz CT molecular complexity index is 653. The largest absolute Gasteiger partial charge is 0.381 e. The van der Waals surface area contributed by atoms with Gasteiger partial charge in [0.05, 0.1) is 11.5 Å². The number of ether oxygens (including phenoxy) is 1. The fourth-order valence-corrected chi connectivity index (χ4v) is 3.37. The molecule has 1 aromatic carbocycles. The van der Waals surface area contributed by atoms with Crippen molar-refractivity contribution in [1.82, 2.24) is 10.2 Å². The maximum atomic E-state index is 14.3. The molecular weight excluding hydrogens is 318 g/mol. The van der Waals surface area contributed by atoms with E-state index in [-0.39, 0.29) is 23.4 Å². The Morgan fingerprint density at radius 2 is 1.92 bits per heavy atom. The quantitative estimate of drug-likeness (QED) is 0.905. The van der Waals surface area contributed by atoms with Gasteiger partial charge in [-0.1, -0.05) is 6.07 Å². The average molecular weight is 338 g/mol. The van der Waals surface area contributed by atoms with E-state index >= 15 is 0 Å². The van der Waals surface area contributed by atoms with Crippen LogP contribution >= 0.6 is 0 Å². The predicted octanol–water partition coefficient (Wildman–Crippen LogP) is 1.36. The molecule has 2 amide bonds. The lowest BCUT2D eigenvalue weighted by Gasteiger charge is -2.42. The first-order chi connectivity index (χ1) is 11.4. The lowest BCUT2D eigenvalue weighted by molar-refractivity contribution is -0.138. The Balaban J connectivity index is 1.81. The molecule has 0 aliphatic carbocycles. The van der Waals surface area contributed by atoms with Gasteiger partial charge in [0, 0.05) is 44.9 Å². The lowest BCUT2D eigenvalue weighted by atomic mass is 9.73. The molecule has 3 rings (SSSR count). The Kier molecular flexibility index (Phi) is 4.54. The number of halogens is 2. The molecule has 7 heteroatoms. The molecule has 0 saturated carbocycles. The van der Waals surface area contributed by atoms with E-state index in [1.54, 1.807) is 4.90 Å². The number of hydrogen-bond acceptors (Lipinski definition) is 3. The predicted molar refractivity (Wildman–Crippen MR) is 82.3 cm³/mol. The highest BCUT2D eigenvalue weighted by Crippen LogP contribution is 2.37. The summed E-state index contributed by atoms with van der Waals surface area (Å²) in [6, 6.07) is 3.19. The molecule has 1 aromatic rings. The van der Waals surface area contributed by atoms with E-state index in [1.807, 2.05) is 0 Å². The fraction of sp³-hybridized carbons (Fsp3) is 0.529. The highest BCUT2D eigenvalue weighted by Gasteiger charge is 2.45. The number of likely N-dealkylation sites (tertiary alicyclic amines) is 1. The molecule has 2 fully saturated rings. The summed E-state index contributed by atoms with van der Waals surface area (Å²) in [7, 11) is 0. The molecule has 130 valence electrons. The molecule has 1 N–H and O–H groups in total. The standard InChI is InChI=1S/C17H20F2N2O3/c1-11(22)21-9-13(10-21)20-16(23)17(4-6-24-7-5-17)14-3-2-12(18)8-15(14)19/h2-3,8,13H,4-7,9-10H2,1H3,(H,20,23). The molecule has 0 bridgehead atoms. The fourth-order valence-electron chi connectivity index (χ4n) is 3.37. The van der Waals surface area contributed by atoms with Gasteiger partial charge >= 0.3 is 0 Å². The van der Waals surface area contributed by atoms with Gasteiger partial charge in [-0.15, -0.1) is 0 Å². The summed E-state index contributed by atoms with van der Waals surface area (Å²) >= 11 is 0. The Labute approximate surface area is 139 Å². The Morgan fingerprint density at radius 1 is 1.25 bits per heavy atom. The number of hydrogen-bond donors (Lipinski definition) is 1. The van der Waals surface area contributed by atoms with E-state index in [0.717, 1.165) is 6.07 Å². The van der Waals surface area contributed by atoms with Gasteiger partial charge in [0.1, 0.15) is 11.6 Å². The van der Waals surface area contributed by atoms with Crippen LogP contribution in [0.1, 0.15) is 25.3 Å². The van der Waals surface area contributed by atoms with Crippen molar-refractivity contribution in [3.63, 3.8) is 0 Å². The van der Waals surface area contributed by atoms with Crippen LogP contribution in [0.2, 0.25) is 0 Å². The molecule has 2 saturated heterocycles. The molecule has 2 aliphatic rings. The maximum Gasteiger partial charge on any atom is 0.231 e. The van der Waals surface area contributed by atoms with E-state index in [0.29, 0.717) is 39.1 Å². The third kappa shape index (κ3) is 3.00. The smallest absolute Gasteiger partial charge is 0.231 e. The van der Waals surface area contributed by atoms with E-state index in [2.05, 4.69) is 5.32 Å². The van der Waals surface area contributed by atoms with Gasteiger partial charge in [0.15, 0.2) is 0 Å². The maximum absolute atomic E-state index is 14.3. The topological polar surface area (TPSA) is 58.6 Å². The summed E-state index contributed by atoms with van der Waals surface area (Å²) in [5.41, 5.74) is -0.861. The molecule has 0 radical (unpaired) electrons.